The number of pyridine rings is 1. The molecule has 0 bridgehead atoms. The third kappa shape index (κ3) is 3.47. The molecule has 3 aromatic rings. The van der Waals surface area contributed by atoms with E-state index in [0.29, 0.717) is 16.5 Å². The van der Waals surface area contributed by atoms with Gasteiger partial charge in [-0.05, 0) is 44.0 Å². The first-order valence-corrected chi connectivity index (χ1v) is 9.58. The lowest BCUT2D eigenvalue weighted by atomic mass is 10.1. The van der Waals surface area contributed by atoms with Crippen LogP contribution in [0.3, 0.4) is 0 Å². The van der Waals surface area contributed by atoms with Crippen molar-refractivity contribution in [1.29, 1.82) is 0 Å². The van der Waals surface area contributed by atoms with Gasteiger partial charge < -0.3 is 0 Å². The smallest absolute Gasteiger partial charge is 0.280 e. The minimum Gasteiger partial charge on any atom is -0.288 e. The van der Waals surface area contributed by atoms with Gasteiger partial charge in [0.2, 0.25) is 0 Å². The lowest BCUT2D eigenvalue weighted by Gasteiger charge is -2.27. The molecule has 0 aliphatic heterocycles. The van der Waals surface area contributed by atoms with Crippen molar-refractivity contribution in [3.63, 3.8) is 0 Å². The van der Waals surface area contributed by atoms with Crippen LogP contribution in [-0.2, 0) is 0 Å². The summed E-state index contributed by atoms with van der Waals surface area (Å²) in [6, 6.07) is 13.3. The Morgan fingerprint density at radius 3 is 2.59 bits per heavy atom. The van der Waals surface area contributed by atoms with Gasteiger partial charge in [-0.1, -0.05) is 42.6 Å². The SMILES string of the molecule is Cc1cn(-c2ccccc2Cl)nc1C(=O)N(c1ccccn1)C1CCCC1. The molecule has 4 rings (SSSR count). The molecule has 1 aromatic carbocycles. The van der Waals surface area contributed by atoms with Crippen molar-refractivity contribution in [2.45, 2.75) is 38.6 Å². The number of para-hydroxylation sites is 1. The third-order valence-electron chi connectivity index (χ3n) is 5.00. The summed E-state index contributed by atoms with van der Waals surface area (Å²) in [6.07, 6.45) is 7.82. The van der Waals surface area contributed by atoms with Crippen LogP contribution >= 0.6 is 11.6 Å². The first-order chi connectivity index (χ1) is 13.1. The Bertz CT molecular complexity index is 948. The normalized spacial score (nSPS) is 14.4. The Hall–Kier alpha value is -2.66. The summed E-state index contributed by atoms with van der Waals surface area (Å²) in [7, 11) is 0. The minimum absolute atomic E-state index is 0.107. The molecule has 0 N–H and O–H groups in total. The highest BCUT2D eigenvalue weighted by Gasteiger charge is 2.31. The van der Waals surface area contributed by atoms with E-state index in [2.05, 4.69) is 10.1 Å². The van der Waals surface area contributed by atoms with Gasteiger partial charge in [0.05, 0.1) is 10.7 Å². The maximum Gasteiger partial charge on any atom is 0.280 e. The molecular formula is C21H21ClN4O. The predicted molar refractivity (Wildman–Crippen MR) is 107 cm³/mol. The Labute approximate surface area is 163 Å². The van der Waals surface area contributed by atoms with Gasteiger partial charge in [-0.3, -0.25) is 9.69 Å². The number of hydrogen-bond acceptors (Lipinski definition) is 3. The molecule has 27 heavy (non-hydrogen) atoms. The lowest BCUT2D eigenvalue weighted by Crippen LogP contribution is -2.40. The molecule has 2 heterocycles. The summed E-state index contributed by atoms with van der Waals surface area (Å²) in [6.45, 7) is 1.90. The van der Waals surface area contributed by atoms with E-state index in [1.165, 1.54) is 0 Å². The van der Waals surface area contributed by atoms with Crippen molar-refractivity contribution in [3.05, 3.63) is 71.1 Å². The van der Waals surface area contributed by atoms with Crippen LogP contribution in [0.2, 0.25) is 5.02 Å². The van der Waals surface area contributed by atoms with E-state index in [1.54, 1.807) is 10.9 Å². The molecule has 0 saturated heterocycles. The van der Waals surface area contributed by atoms with Crippen molar-refractivity contribution in [2.75, 3.05) is 4.90 Å². The van der Waals surface area contributed by atoms with Gasteiger partial charge >= 0.3 is 0 Å². The van der Waals surface area contributed by atoms with Gasteiger partial charge in [-0.15, -0.1) is 0 Å². The molecule has 5 nitrogen and oxygen atoms in total. The van der Waals surface area contributed by atoms with E-state index in [1.807, 2.05) is 60.5 Å². The third-order valence-corrected chi connectivity index (χ3v) is 5.32. The molecule has 0 radical (unpaired) electrons. The zero-order chi connectivity index (χ0) is 18.8. The van der Waals surface area contributed by atoms with E-state index < -0.39 is 0 Å². The first kappa shape index (κ1) is 17.7. The van der Waals surface area contributed by atoms with Crippen molar-refractivity contribution < 1.29 is 4.79 Å². The zero-order valence-corrected chi connectivity index (χ0v) is 15.9. The largest absolute Gasteiger partial charge is 0.288 e. The van der Waals surface area contributed by atoms with Crippen LogP contribution in [-0.4, -0.2) is 26.7 Å². The summed E-state index contributed by atoms with van der Waals surface area (Å²) < 4.78 is 1.68. The Morgan fingerprint density at radius 1 is 1.15 bits per heavy atom. The maximum absolute atomic E-state index is 13.5. The van der Waals surface area contributed by atoms with Crippen LogP contribution in [0.25, 0.3) is 5.69 Å². The fourth-order valence-corrected chi connectivity index (χ4v) is 3.88. The molecule has 0 spiro atoms. The van der Waals surface area contributed by atoms with Gasteiger partial charge in [-0.25, -0.2) is 9.67 Å². The van der Waals surface area contributed by atoms with Crippen molar-refractivity contribution in [2.24, 2.45) is 0 Å². The Morgan fingerprint density at radius 2 is 1.89 bits per heavy atom. The second-order valence-electron chi connectivity index (χ2n) is 6.86. The van der Waals surface area contributed by atoms with E-state index in [4.69, 9.17) is 11.6 Å². The molecule has 1 amide bonds. The molecular weight excluding hydrogens is 360 g/mol. The summed E-state index contributed by atoms with van der Waals surface area (Å²) in [5, 5.41) is 5.17. The standard InChI is InChI=1S/C21H21ClN4O/c1-15-14-25(18-11-5-4-10-17(18)22)24-20(15)21(27)26(16-8-2-3-9-16)19-12-6-7-13-23-19/h4-7,10-14,16H,2-3,8-9H2,1H3. The lowest BCUT2D eigenvalue weighted by molar-refractivity contribution is 0.0970. The highest BCUT2D eigenvalue weighted by molar-refractivity contribution is 6.32. The molecule has 2 aromatic heterocycles. The second kappa shape index (κ2) is 7.53. The van der Waals surface area contributed by atoms with Gasteiger partial charge in [0.15, 0.2) is 5.69 Å². The minimum atomic E-state index is -0.107. The number of benzene rings is 1. The molecule has 1 saturated carbocycles. The van der Waals surface area contributed by atoms with Crippen molar-refractivity contribution >= 4 is 23.3 Å². The fourth-order valence-electron chi connectivity index (χ4n) is 3.66. The summed E-state index contributed by atoms with van der Waals surface area (Å²) in [5.41, 5.74) is 2.01. The summed E-state index contributed by atoms with van der Waals surface area (Å²) in [5.74, 6) is 0.574. The quantitative estimate of drug-likeness (QED) is 0.652. The molecule has 1 aliphatic rings. The molecule has 1 aliphatic carbocycles. The predicted octanol–water partition coefficient (Wildman–Crippen LogP) is 4.82. The number of nitrogens with zero attached hydrogens (tertiary/aromatic N) is 4. The number of anilines is 1. The van der Waals surface area contributed by atoms with Crippen molar-refractivity contribution in [3.8, 4) is 5.69 Å². The molecule has 6 heteroatoms. The second-order valence-corrected chi connectivity index (χ2v) is 7.27. The molecule has 1 fully saturated rings. The maximum atomic E-state index is 13.5. The van der Waals surface area contributed by atoms with Gasteiger partial charge in [0.1, 0.15) is 5.82 Å². The highest BCUT2D eigenvalue weighted by Crippen LogP contribution is 2.29. The number of halogens is 1. The highest BCUT2D eigenvalue weighted by atomic mass is 35.5. The van der Waals surface area contributed by atoms with Crippen LogP contribution in [0.1, 0.15) is 41.7 Å². The topological polar surface area (TPSA) is 51.0 Å². The van der Waals surface area contributed by atoms with Crippen LogP contribution in [0.5, 0.6) is 0 Å². The zero-order valence-electron chi connectivity index (χ0n) is 15.2. The average molecular weight is 381 g/mol. The van der Waals surface area contributed by atoms with Crippen LogP contribution in [0.15, 0.2) is 54.9 Å². The molecule has 0 atom stereocenters. The fraction of sp³-hybridized carbons (Fsp3) is 0.286. The average Bonchev–Trinajstić information content (AvgIpc) is 3.33. The number of carbonyl (C=O) groups excluding carboxylic acids is 1. The monoisotopic (exact) mass is 380 g/mol. The van der Waals surface area contributed by atoms with Crippen molar-refractivity contribution in [1.82, 2.24) is 14.8 Å². The van der Waals surface area contributed by atoms with E-state index in [9.17, 15) is 4.79 Å². The number of aromatic nitrogens is 3. The number of carbonyl (C=O) groups is 1. The van der Waals surface area contributed by atoms with E-state index in [0.717, 1.165) is 36.9 Å². The molecule has 138 valence electrons. The van der Waals surface area contributed by atoms with E-state index >= 15 is 0 Å². The van der Waals surface area contributed by atoms with Crippen LogP contribution in [0, 0.1) is 6.92 Å². The van der Waals surface area contributed by atoms with Gasteiger partial charge in [0.25, 0.3) is 5.91 Å². The number of hydrogen-bond donors (Lipinski definition) is 0. The van der Waals surface area contributed by atoms with E-state index in [-0.39, 0.29) is 11.9 Å². The van der Waals surface area contributed by atoms with Crippen LogP contribution in [0.4, 0.5) is 5.82 Å². The number of aryl methyl sites for hydroxylation is 1. The van der Waals surface area contributed by atoms with Gasteiger partial charge in [-0.2, -0.15) is 5.10 Å². The summed E-state index contributed by atoms with van der Waals surface area (Å²) >= 11 is 6.30. The van der Waals surface area contributed by atoms with Crippen LogP contribution < -0.4 is 4.90 Å². The Kier molecular flexibility index (Phi) is 4.94. The number of amides is 1. The molecule has 0 unspecified atom stereocenters. The summed E-state index contributed by atoms with van der Waals surface area (Å²) in [4.78, 5) is 19.7. The Balaban J connectivity index is 1.73. The van der Waals surface area contributed by atoms with Gasteiger partial charge in [0, 0.05) is 24.0 Å². The number of rotatable bonds is 4. The first-order valence-electron chi connectivity index (χ1n) is 9.21.